The van der Waals surface area contributed by atoms with Crippen LogP contribution in [0.2, 0.25) is 0 Å². The predicted octanol–water partition coefficient (Wildman–Crippen LogP) is 2.59. The minimum atomic E-state index is 0.360. The van der Waals surface area contributed by atoms with E-state index >= 15 is 0 Å². The molecule has 4 saturated carbocycles. The molecule has 0 unspecified atom stereocenters. The minimum absolute atomic E-state index is 0.360. The van der Waals surface area contributed by atoms with Crippen LogP contribution < -0.4 is 0 Å². The zero-order valence-corrected chi connectivity index (χ0v) is 8.55. The van der Waals surface area contributed by atoms with E-state index in [0.29, 0.717) is 17.4 Å². The topological polar surface area (TPSA) is 20.2 Å². The first-order valence-corrected chi connectivity index (χ1v) is 5.74. The molecule has 4 aliphatic carbocycles. The smallest absolute Gasteiger partial charge is 0.0487 e. The summed E-state index contributed by atoms with van der Waals surface area (Å²) in [5, 5.41) is 9.55. The number of hydrogen-bond donors (Lipinski definition) is 1. The van der Waals surface area contributed by atoms with E-state index in [9.17, 15) is 5.11 Å². The van der Waals surface area contributed by atoms with Crippen LogP contribution in [-0.2, 0) is 0 Å². The molecule has 13 heavy (non-hydrogen) atoms. The average Bonchev–Trinajstić information content (AvgIpc) is 1.99. The summed E-state index contributed by atoms with van der Waals surface area (Å²) < 4.78 is 0. The highest BCUT2D eigenvalue weighted by Gasteiger charge is 2.55. The Hall–Kier alpha value is -0.0400. The summed E-state index contributed by atoms with van der Waals surface area (Å²) in [7, 11) is 0. The fourth-order valence-electron chi connectivity index (χ4n) is 5.11. The second-order valence-electron chi connectivity index (χ2n) is 6.43. The maximum atomic E-state index is 9.55. The van der Waals surface area contributed by atoms with Crippen molar-refractivity contribution in [1.29, 1.82) is 0 Å². The van der Waals surface area contributed by atoms with E-state index in [1.165, 1.54) is 38.5 Å². The molecule has 0 amide bonds. The molecule has 1 heteroatoms. The van der Waals surface area contributed by atoms with Crippen LogP contribution in [0.25, 0.3) is 0 Å². The second kappa shape index (κ2) is 2.31. The van der Waals surface area contributed by atoms with Crippen molar-refractivity contribution in [2.45, 2.75) is 45.4 Å². The van der Waals surface area contributed by atoms with Gasteiger partial charge >= 0.3 is 0 Å². The van der Waals surface area contributed by atoms with Crippen molar-refractivity contribution in [2.75, 3.05) is 6.61 Å². The molecule has 0 saturated heterocycles. The van der Waals surface area contributed by atoms with Crippen LogP contribution in [0, 0.1) is 22.7 Å². The first kappa shape index (κ1) is 8.28. The predicted molar refractivity (Wildman–Crippen MR) is 52.3 cm³/mol. The molecule has 4 bridgehead atoms. The van der Waals surface area contributed by atoms with Crippen molar-refractivity contribution in [2.24, 2.45) is 22.7 Å². The van der Waals surface area contributed by atoms with Gasteiger partial charge in [-0.3, -0.25) is 0 Å². The molecule has 4 aliphatic rings. The summed E-state index contributed by atoms with van der Waals surface area (Å²) >= 11 is 0. The Labute approximate surface area is 80.5 Å². The fourth-order valence-corrected chi connectivity index (χ4v) is 5.11. The first-order chi connectivity index (χ1) is 6.13. The quantitative estimate of drug-likeness (QED) is 0.657. The standard InChI is InChI=1S/C12H20O/c1-11-3-9-2-10(4-11)6-12(5-9,7-11)8-13/h9-10,13H,2-8H2,1H3/t9-,10-,11?,12?/m1/s1. The highest BCUT2D eigenvalue weighted by atomic mass is 16.3. The minimum Gasteiger partial charge on any atom is -0.396 e. The molecule has 0 aromatic carbocycles. The molecule has 4 rings (SSSR count). The number of aliphatic hydroxyl groups is 1. The summed E-state index contributed by atoms with van der Waals surface area (Å²) in [5.41, 5.74) is 0.964. The highest BCUT2D eigenvalue weighted by molar-refractivity contribution is 5.05. The summed E-state index contributed by atoms with van der Waals surface area (Å²) in [6, 6.07) is 0. The van der Waals surface area contributed by atoms with Crippen molar-refractivity contribution in [3.8, 4) is 0 Å². The Bertz CT molecular complexity index is 219. The Morgan fingerprint density at radius 1 is 1.15 bits per heavy atom. The van der Waals surface area contributed by atoms with E-state index in [1.807, 2.05) is 0 Å². The average molecular weight is 180 g/mol. The summed E-state index contributed by atoms with van der Waals surface area (Å²) in [5.74, 6) is 1.91. The molecule has 0 radical (unpaired) electrons. The number of aliphatic hydroxyl groups excluding tert-OH is 1. The highest BCUT2D eigenvalue weighted by Crippen LogP contribution is 2.64. The maximum Gasteiger partial charge on any atom is 0.0487 e. The lowest BCUT2D eigenvalue weighted by Crippen LogP contribution is -2.52. The normalized spacial score (nSPS) is 58.6. The zero-order valence-electron chi connectivity index (χ0n) is 8.55. The lowest BCUT2D eigenvalue weighted by atomic mass is 9.45. The van der Waals surface area contributed by atoms with Crippen LogP contribution >= 0.6 is 0 Å². The van der Waals surface area contributed by atoms with Gasteiger partial charge in [0.2, 0.25) is 0 Å². The second-order valence-corrected chi connectivity index (χ2v) is 6.43. The molecule has 0 aliphatic heterocycles. The van der Waals surface area contributed by atoms with Gasteiger partial charge in [-0.25, -0.2) is 0 Å². The van der Waals surface area contributed by atoms with Crippen molar-refractivity contribution in [3.63, 3.8) is 0 Å². The van der Waals surface area contributed by atoms with Crippen molar-refractivity contribution in [3.05, 3.63) is 0 Å². The number of hydrogen-bond acceptors (Lipinski definition) is 1. The molecular weight excluding hydrogens is 160 g/mol. The summed E-state index contributed by atoms with van der Waals surface area (Å²) in [6.45, 7) is 2.91. The largest absolute Gasteiger partial charge is 0.396 e. The Kier molecular flexibility index (Phi) is 1.47. The molecular formula is C12H20O. The van der Waals surface area contributed by atoms with Gasteiger partial charge in [0.25, 0.3) is 0 Å². The van der Waals surface area contributed by atoms with E-state index in [4.69, 9.17) is 0 Å². The van der Waals surface area contributed by atoms with Gasteiger partial charge in [-0.05, 0) is 61.2 Å². The Morgan fingerprint density at radius 2 is 1.77 bits per heavy atom. The zero-order chi connectivity index (χ0) is 9.10. The van der Waals surface area contributed by atoms with Gasteiger partial charge in [-0.1, -0.05) is 6.92 Å². The van der Waals surface area contributed by atoms with Gasteiger partial charge in [0, 0.05) is 6.61 Å². The molecule has 74 valence electrons. The van der Waals surface area contributed by atoms with E-state index in [-0.39, 0.29) is 0 Å². The van der Waals surface area contributed by atoms with Gasteiger partial charge in [0.15, 0.2) is 0 Å². The van der Waals surface area contributed by atoms with E-state index in [1.54, 1.807) is 0 Å². The molecule has 0 heterocycles. The van der Waals surface area contributed by atoms with Gasteiger partial charge in [0.05, 0.1) is 0 Å². The van der Waals surface area contributed by atoms with Crippen LogP contribution in [0.4, 0.5) is 0 Å². The molecule has 1 nitrogen and oxygen atoms in total. The van der Waals surface area contributed by atoms with Crippen LogP contribution in [0.3, 0.4) is 0 Å². The summed E-state index contributed by atoms with van der Waals surface area (Å²) in [4.78, 5) is 0. The van der Waals surface area contributed by atoms with Gasteiger partial charge in [-0.2, -0.15) is 0 Å². The maximum absolute atomic E-state index is 9.55. The van der Waals surface area contributed by atoms with E-state index in [0.717, 1.165) is 11.8 Å². The van der Waals surface area contributed by atoms with Crippen molar-refractivity contribution in [1.82, 2.24) is 0 Å². The lowest BCUT2D eigenvalue weighted by Gasteiger charge is -2.61. The first-order valence-electron chi connectivity index (χ1n) is 5.74. The van der Waals surface area contributed by atoms with Gasteiger partial charge in [-0.15, -0.1) is 0 Å². The monoisotopic (exact) mass is 180 g/mol. The third kappa shape index (κ3) is 1.09. The van der Waals surface area contributed by atoms with Crippen LogP contribution in [0.15, 0.2) is 0 Å². The third-order valence-corrected chi connectivity index (χ3v) is 4.81. The number of rotatable bonds is 1. The molecule has 1 N–H and O–H groups in total. The third-order valence-electron chi connectivity index (χ3n) is 4.81. The van der Waals surface area contributed by atoms with Crippen LogP contribution in [-0.4, -0.2) is 11.7 Å². The van der Waals surface area contributed by atoms with Crippen LogP contribution in [0.5, 0.6) is 0 Å². The molecule has 0 aromatic rings. The van der Waals surface area contributed by atoms with Crippen molar-refractivity contribution < 1.29 is 5.11 Å². The van der Waals surface area contributed by atoms with Gasteiger partial charge in [0.1, 0.15) is 0 Å². The van der Waals surface area contributed by atoms with Crippen molar-refractivity contribution >= 4 is 0 Å². The van der Waals surface area contributed by atoms with Crippen LogP contribution in [0.1, 0.15) is 45.4 Å². The van der Waals surface area contributed by atoms with E-state index < -0.39 is 0 Å². The SMILES string of the molecule is CC12C[C@H]3C[C@H](C1)CC(CO)(C3)C2. The Balaban J connectivity index is 1.95. The summed E-state index contributed by atoms with van der Waals surface area (Å²) in [6.07, 6.45) is 8.34. The van der Waals surface area contributed by atoms with Gasteiger partial charge < -0.3 is 5.11 Å². The Morgan fingerprint density at radius 3 is 2.23 bits per heavy atom. The molecule has 0 spiro atoms. The molecule has 0 aromatic heterocycles. The van der Waals surface area contributed by atoms with E-state index in [2.05, 4.69) is 6.92 Å². The molecule has 4 fully saturated rings. The fraction of sp³-hybridized carbons (Fsp3) is 1.00. The lowest BCUT2D eigenvalue weighted by molar-refractivity contribution is -0.121. The molecule has 2 atom stereocenters.